The molecule has 2 rings (SSSR count). The standard InChI is InChI=1S/C21H28FN3O2.HI/c1-5-23-21(25-15(3)17-8-6-14(2)18(22)13-17)24-11-10-16-7-9-19(26)20(12-16)27-4;/h6-9,12-13,15,26H,5,10-11H2,1-4H3,(H2,23,24,25);1H. The lowest BCUT2D eigenvalue weighted by Gasteiger charge is -2.18. The average Bonchev–Trinajstić information content (AvgIpc) is 2.65. The third-order valence-corrected chi connectivity index (χ3v) is 4.31. The van der Waals surface area contributed by atoms with E-state index in [-0.39, 0.29) is 41.6 Å². The van der Waals surface area contributed by atoms with Crippen molar-refractivity contribution in [1.29, 1.82) is 0 Å². The van der Waals surface area contributed by atoms with Crippen molar-refractivity contribution in [2.24, 2.45) is 4.99 Å². The molecule has 0 saturated carbocycles. The Labute approximate surface area is 183 Å². The number of methoxy groups -OCH3 is 1. The van der Waals surface area contributed by atoms with Crippen LogP contribution in [0.2, 0.25) is 0 Å². The second-order valence-electron chi connectivity index (χ2n) is 6.39. The fourth-order valence-corrected chi connectivity index (χ4v) is 2.66. The molecule has 1 atom stereocenters. The summed E-state index contributed by atoms with van der Waals surface area (Å²) in [5.74, 6) is 1.05. The Bertz CT molecular complexity index is 799. The van der Waals surface area contributed by atoms with Crippen LogP contribution in [0.4, 0.5) is 4.39 Å². The van der Waals surface area contributed by atoms with Crippen molar-refractivity contribution < 1.29 is 14.2 Å². The van der Waals surface area contributed by atoms with Gasteiger partial charge in [0, 0.05) is 13.1 Å². The van der Waals surface area contributed by atoms with Gasteiger partial charge in [-0.1, -0.05) is 18.2 Å². The number of hydrogen-bond acceptors (Lipinski definition) is 3. The predicted octanol–water partition coefficient (Wildman–Crippen LogP) is 4.33. The normalized spacial score (nSPS) is 12.1. The van der Waals surface area contributed by atoms with Crippen LogP contribution in [0, 0.1) is 12.7 Å². The van der Waals surface area contributed by atoms with Gasteiger partial charge in [-0.2, -0.15) is 0 Å². The molecule has 2 aromatic carbocycles. The third kappa shape index (κ3) is 6.85. The Morgan fingerprint density at radius 1 is 1.25 bits per heavy atom. The molecule has 0 radical (unpaired) electrons. The highest BCUT2D eigenvalue weighted by Gasteiger charge is 2.10. The highest BCUT2D eigenvalue weighted by atomic mass is 127. The maximum absolute atomic E-state index is 13.8. The molecule has 7 heteroatoms. The molecule has 5 nitrogen and oxygen atoms in total. The summed E-state index contributed by atoms with van der Waals surface area (Å²) in [6.07, 6.45) is 0.709. The van der Waals surface area contributed by atoms with E-state index in [0.717, 1.165) is 17.7 Å². The summed E-state index contributed by atoms with van der Waals surface area (Å²) >= 11 is 0. The van der Waals surface area contributed by atoms with E-state index < -0.39 is 0 Å². The molecule has 0 heterocycles. The highest BCUT2D eigenvalue weighted by Crippen LogP contribution is 2.26. The molecular formula is C21H29FIN3O2. The summed E-state index contributed by atoms with van der Waals surface area (Å²) < 4.78 is 18.9. The van der Waals surface area contributed by atoms with Gasteiger partial charge in [-0.05, 0) is 62.1 Å². The second kappa shape index (κ2) is 11.7. The van der Waals surface area contributed by atoms with E-state index in [2.05, 4.69) is 15.6 Å². The maximum Gasteiger partial charge on any atom is 0.191 e. The van der Waals surface area contributed by atoms with Crippen molar-refractivity contribution in [2.45, 2.75) is 33.2 Å². The summed E-state index contributed by atoms with van der Waals surface area (Å²) in [5.41, 5.74) is 2.53. The van der Waals surface area contributed by atoms with E-state index in [1.807, 2.05) is 32.0 Å². The minimum Gasteiger partial charge on any atom is -0.504 e. The molecule has 0 fully saturated rings. The summed E-state index contributed by atoms with van der Waals surface area (Å²) in [4.78, 5) is 4.59. The smallest absolute Gasteiger partial charge is 0.191 e. The fraction of sp³-hybridized carbons (Fsp3) is 0.381. The van der Waals surface area contributed by atoms with Crippen LogP contribution in [0.25, 0.3) is 0 Å². The largest absolute Gasteiger partial charge is 0.504 e. The predicted molar refractivity (Wildman–Crippen MR) is 122 cm³/mol. The van der Waals surface area contributed by atoms with Gasteiger partial charge in [0.15, 0.2) is 17.5 Å². The average molecular weight is 501 g/mol. The van der Waals surface area contributed by atoms with Crippen LogP contribution in [0.15, 0.2) is 41.4 Å². The summed E-state index contributed by atoms with van der Waals surface area (Å²) in [5, 5.41) is 16.2. The highest BCUT2D eigenvalue weighted by molar-refractivity contribution is 14.0. The van der Waals surface area contributed by atoms with Crippen molar-refractivity contribution in [2.75, 3.05) is 20.2 Å². The number of benzene rings is 2. The van der Waals surface area contributed by atoms with Crippen LogP contribution >= 0.6 is 24.0 Å². The SMILES string of the molecule is CCNC(=NCCc1ccc(O)c(OC)c1)NC(C)c1ccc(C)c(F)c1.I. The van der Waals surface area contributed by atoms with E-state index in [4.69, 9.17) is 4.74 Å². The molecule has 3 N–H and O–H groups in total. The molecule has 1 unspecified atom stereocenters. The molecule has 0 aliphatic rings. The lowest BCUT2D eigenvalue weighted by Crippen LogP contribution is -2.38. The van der Waals surface area contributed by atoms with Crippen LogP contribution in [-0.4, -0.2) is 31.3 Å². The molecule has 0 saturated heterocycles. The van der Waals surface area contributed by atoms with Crippen LogP contribution < -0.4 is 15.4 Å². The van der Waals surface area contributed by atoms with Gasteiger partial charge >= 0.3 is 0 Å². The van der Waals surface area contributed by atoms with Gasteiger partial charge in [-0.25, -0.2) is 4.39 Å². The van der Waals surface area contributed by atoms with Crippen LogP contribution in [0.3, 0.4) is 0 Å². The number of phenols is 1. The van der Waals surface area contributed by atoms with Gasteiger partial charge in [-0.3, -0.25) is 4.99 Å². The second-order valence-corrected chi connectivity index (χ2v) is 6.39. The summed E-state index contributed by atoms with van der Waals surface area (Å²) in [7, 11) is 1.53. The van der Waals surface area contributed by atoms with Gasteiger partial charge in [-0.15, -0.1) is 24.0 Å². The Morgan fingerprint density at radius 2 is 2.00 bits per heavy atom. The maximum atomic E-state index is 13.8. The molecule has 0 aliphatic carbocycles. The van der Waals surface area contributed by atoms with Crippen LogP contribution in [0.1, 0.15) is 36.6 Å². The minimum atomic E-state index is -0.204. The number of halogens is 2. The number of aliphatic imine (C=N–C) groups is 1. The van der Waals surface area contributed by atoms with Gasteiger partial charge in [0.05, 0.1) is 13.2 Å². The fourth-order valence-electron chi connectivity index (χ4n) is 2.66. The Morgan fingerprint density at radius 3 is 2.64 bits per heavy atom. The molecule has 0 aliphatic heterocycles. The van der Waals surface area contributed by atoms with Gasteiger partial charge in [0.1, 0.15) is 5.82 Å². The topological polar surface area (TPSA) is 65.9 Å². The first-order chi connectivity index (χ1) is 12.9. The van der Waals surface area contributed by atoms with Crippen LogP contribution in [-0.2, 0) is 6.42 Å². The zero-order valence-electron chi connectivity index (χ0n) is 16.8. The zero-order chi connectivity index (χ0) is 19.8. The zero-order valence-corrected chi connectivity index (χ0v) is 19.1. The number of aromatic hydroxyl groups is 1. The Kier molecular flexibility index (Phi) is 10.1. The van der Waals surface area contributed by atoms with E-state index in [0.29, 0.717) is 30.2 Å². The van der Waals surface area contributed by atoms with Crippen molar-refractivity contribution in [1.82, 2.24) is 10.6 Å². The van der Waals surface area contributed by atoms with Gasteiger partial charge < -0.3 is 20.5 Å². The van der Waals surface area contributed by atoms with Crippen molar-refractivity contribution in [3.8, 4) is 11.5 Å². The molecule has 0 amide bonds. The first-order valence-corrected chi connectivity index (χ1v) is 9.11. The number of nitrogens with one attached hydrogen (secondary N) is 2. The number of rotatable bonds is 7. The Balaban J connectivity index is 0.00000392. The van der Waals surface area contributed by atoms with Crippen LogP contribution in [0.5, 0.6) is 11.5 Å². The van der Waals surface area contributed by atoms with Gasteiger partial charge in [0.2, 0.25) is 0 Å². The summed E-state index contributed by atoms with van der Waals surface area (Å²) in [6, 6.07) is 10.5. The first kappa shape index (κ1) is 24.0. The lowest BCUT2D eigenvalue weighted by molar-refractivity contribution is 0.373. The van der Waals surface area contributed by atoms with Crippen molar-refractivity contribution in [3.63, 3.8) is 0 Å². The molecule has 154 valence electrons. The summed E-state index contributed by atoms with van der Waals surface area (Å²) in [6.45, 7) is 7.02. The quantitative estimate of drug-likeness (QED) is 0.301. The third-order valence-electron chi connectivity index (χ3n) is 4.31. The monoisotopic (exact) mass is 501 g/mol. The molecule has 0 aromatic heterocycles. The Hall–Kier alpha value is -2.03. The first-order valence-electron chi connectivity index (χ1n) is 9.11. The number of hydrogen-bond donors (Lipinski definition) is 3. The molecule has 28 heavy (non-hydrogen) atoms. The van der Waals surface area contributed by atoms with E-state index in [1.165, 1.54) is 7.11 Å². The van der Waals surface area contributed by atoms with E-state index >= 15 is 0 Å². The number of guanidine groups is 1. The van der Waals surface area contributed by atoms with Crippen molar-refractivity contribution in [3.05, 3.63) is 58.9 Å². The number of nitrogens with zero attached hydrogens (tertiary/aromatic N) is 1. The minimum absolute atomic E-state index is 0. The number of phenolic OH excluding ortho intramolecular Hbond substituents is 1. The van der Waals surface area contributed by atoms with E-state index in [9.17, 15) is 9.50 Å². The van der Waals surface area contributed by atoms with Crippen molar-refractivity contribution >= 4 is 29.9 Å². The lowest BCUT2D eigenvalue weighted by atomic mass is 10.1. The molecule has 0 spiro atoms. The van der Waals surface area contributed by atoms with E-state index in [1.54, 1.807) is 25.1 Å². The molecular weight excluding hydrogens is 472 g/mol. The number of aryl methyl sites for hydroxylation is 1. The number of ether oxygens (including phenoxy) is 1. The molecule has 0 bridgehead atoms. The van der Waals surface area contributed by atoms with Gasteiger partial charge in [0.25, 0.3) is 0 Å². The molecule has 2 aromatic rings.